The SMILES string of the molecule is CC[C@H]1OC(=O)[C@H](C)[C@@H](O)[C@H](C)[C@@H](O[C@@H]2O[C@H](C)C[C@H](NC)[C@H]2Oc2cc(Cl)ccc2C(F)(F)F)[C@](C)(O)C[C@@H](C)CN(C)[C@H](C)[C@@H](O)[C@]1(C)O. The summed E-state index contributed by atoms with van der Waals surface area (Å²) < 4.78 is 66.8. The van der Waals surface area contributed by atoms with Gasteiger partial charge in [-0.2, -0.15) is 13.2 Å². The standard InChI is InChI=1S/C36H58ClF3N2O9/c1-11-27-35(8,47)30(44)22(6)42(10)17-18(2)16-34(7,46)31(20(4)28(43)21(5)32(45)50-27)51-33-29(25(41-9)14-19(3)48-33)49-26-15-23(37)12-13-24(26)36(38,39)40/h12-13,15,18-22,25,27-31,33,41,43-44,46-47H,11,14,16-17H2,1-10H3/t18-,19-,20+,21-,22-,25+,27-,28+,29-,30-,31-,33+,34-,35-/m1/s1. The van der Waals surface area contributed by atoms with Crippen LogP contribution in [0.25, 0.3) is 0 Å². The summed E-state index contributed by atoms with van der Waals surface area (Å²) in [5, 5.41) is 49.7. The Kier molecular flexibility index (Phi) is 14.7. The fourth-order valence-electron chi connectivity index (χ4n) is 7.63. The summed E-state index contributed by atoms with van der Waals surface area (Å²) in [4.78, 5) is 15.3. The Morgan fingerprint density at radius 2 is 1.75 bits per heavy atom. The minimum absolute atomic E-state index is 0.0246. The molecule has 0 radical (unpaired) electrons. The number of nitrogens with one attached hydrogen (secondary N) is 1. The van der Waals surface area contributed by atoms with Crippen molar-refractivity contribution in [3.05, 3.63) is 28.8 Å². The molecule has 0 unspecified atom stereocenters. The third-order valence-corrected chi connectivity index (χ3v) is 10.9. The first kappa shape index (κ1) is 43.7. The van der Waals surface area contributed by atoms with Gasteiger partial charge in [0.25, 0.3) is 0 Å². The molecule has 294 valence electrons. The van der Waals surface area contributed by atoms with Gasteiger partial charge in [-0.3, -0.25) is 4.79 Å². The van der Waals surface area contributed by atoms with Crippen molar-refractivity contribution in [2.24, 2.45) is 17.8 Å². The van der Waals surface area contributed by atoms with Crippen LogP contribution in [0, 0.1) is 17.8 Å². The van der Waals surface area contributed by atoms with Gasteiger partial charge in [-0.15, -0.1) is 0 Å². The third kappa shape index (κ3) is 10.3. The van der Waals surface area contributed by atoms with E-state index in [0.717, 1.165) is 18.2 Å². The molecule has 2 aliphatic rings. The lowest BCUT2D eigenvalue weighted by Gasteiger charge is -2.46. The molecule has 51 heavy (non-hydrogen) atoms. The molecule has 2 aliphatic heterocycles. The lowest BCUT2D eigenvalue weighted by atomic mass is 9.78. The van der Waals surface area contributed by atoms with Gasteiger partial charge in [0.15, 0.2) is 12.4 Å². The number of hydrogen-bond donors (Lipinski definition) is 5. The van der Waals surface area contributed by atoms with Crippen LogP contribution in [0.5, 0.6) is 5.75 Å². The number of carbonyl (C=O) groups is 1. The van der Waals surface area contributed by atoms with Gasteiger partial charge in [0.05, 0.1) is 41.4 Å². The van der Waals surface area contributed by atoms with Crippen LogP contribution in [0.1, 0.15) is 80.2 Å². The zero-order valence-corrected chi connectivity index (χ0v) is 32.0. The zero-order valence-electron chi connectivity index (χ0n) is 31.3. The van der Waals surface area contributed by atoms with Crippen LogP contribution < -0.4 is 10.1 Å². The second-order valence-electron chi connectivity index (χ2n) is 15.2. The minimum Gasteiger partial charge on any atom is -0.483 e. The van der Waals surface area contributed by atoms with E-state index in [1.54, 1.807) is 41.8 Å². The van der Waals surface area contributed by atoms with Crippen molar-refractivity contribution >= 4 is 17.6 Å². The average molecular weight is 755 g/mol. The molecule has 0 aromatic heterocycles. The number of alkyl halides is 3. The predicted octanol–water partition coefficient (Wildman–Crippen LogP) is 4.39. The number of nitrogens with zero attached hydrogens (tertiary/aromatic N) is 1. The molecule has 14 atom stereocenters. The molecule has 1 aromatic carbocycles. The highest BCUT2D eigenvalue weighted by atomic mass is 35.5. The first-order chi connectivity index (χ1) is 23.5. The van der Waals surface area contributed by atoms with Crippen LogP contribution in [0.2, 0.25) is 5.02 Å². The molecule has 2 saturated heterocycles. The maximum atomic E-state index is 14.1. The van der Waals surface area contributed by atoms with Gasteiger partial charge in [-0.05, 0) is 92.1 Å². The van der Waals surface area contributed by atoms with Gasteiger partial charge in [0.1, 0.15) is 23.6 Å². The monoisotopic (exact) mass is 754 g/mol. The second kappa shape index (κ2) is 17.2. The lowest BCUT2D eigenvalue weighted by Crippen LogP contribution is -2.60. The normalized spacial score (nSPS) is 41.3. The summed E-state index contributed by atoms with van der Waals surface area (Å²) in [6, 6.07) is 1.86. The van der Waals surface area contributed by atoms with Gasteiger partial charge in [-0.25, -0.2) is 0 Å². The number of halogens is 4. The van der Waals surface area contributed by atoms with Crippen LogP contribution in [0.15, 0.2) is 18.2 Å². The quantitative estimate of drug-likeness (QED) is 0.263. The second-order valence-corrected chi connectivity index (χ2v) is 15.6. The number of likely N-dealkylation sites (N-methyl/N-ethyl adjacent to an activating group) is 2. The van der Waals surface area contributed by atoms with E-state index in [1.165, 1.54) is 20.8 Å². The summed E-state index contributed by atoms with van der Waals surface area (Å²) in [7, 11) is 3.40. The highest BCUT2D eigenvalue weighted by molar-refractivity contribution is 6.30. The summed E-state index contributed by atoms with van der Waals surface area (Å²) in [5.74, 6) is -3.77. The number of aliphatic hydroxyl groups is 4. The van der Waals surface area contributed by atoms with Gasteiger partial charge in [0.2, 0.25) is 0 Å². The number of benzene rings is 1. The van der Waals surface area contributed by atoms with Crippen molar-refractivity contribution in [3.63, 3.8) is 0 Å². The fraction of sp³-hybridized carbons (Fsp3) is 0.806. The number of hydrogen-bond acceptors (Lipinski definition) is 11. The Morgan fingerprint density at radius 3 is 2.31 bits per heavy atom. The van der Waals surface area contributed by atoms with Crippen molar-refractivity contribution in [2.75, 3.05) is 20.6 Å². The van der Waals surface area contributed by atoms with Crippen molar-refractivity contribution in [1.82, 2.24) is 10.2 Å². The highest BCUT2D eigenvalue weighted by Crippen LogP contribution is 2.41. The van der Waals surface area contributed by atoms with Gasteiger partial charge in [-0.1, -0.05) is 32.4 Å². The Morgan fingerprint density at radius 1 is 1.12 bits per heavy atom. The average Bonchev–Trinajstić information content (AvgIpc) is 3.03. The molecular formula is C36H58ClF3N2O9. The van der Waals surface area contributed by atoms with Crippen LogP contribution in [-0.2, 0) is 25.2 Å². The van der Waals surface area contributed by atoms with Gasteiger partial charge in [0, 0.05) is 23.5 Å². The van der Waals surface area contributed by atoms with Crippen molar-refractivity contribution < 1.29 is 57.3 Å². The lowest BCUT2D eigenvalue weighted by molar-refractivity contribution is -0.290. The Hall–Kier alpha value is -1.75. The van der Waals surface area contributed by atoms with Crippen LogP contribution in [-0.4, -0.2) is 118 Å². The number of carbonyl (C=O) groups excluding carboxylic acids is 1. The molecule has 11 nitrogen and oxygen atoms in total. The molecule has 3 rings (SSSR count). The number of esters is 1. The van der Waals surface area contributed by atoms with E-state index in [2.05, 4.69) is 5.32 Å². The van der Waals surface area contributed by atoms with Crippen LogP contribution in [0.4, 0.5) is 13.2 Å². The number of rotatable bonds is 6. The molecule has 0 spiro atoms. The molecule has 0 aliphatic carbocycles. The maximum Gasteiger partial charge on any atom is 0.419 e. The smallest absolute Gasteiger partial charge is 0.419 e. The fourth-order valence-corrected chi connectivity index (χ4v) is 7.79. The molecular weight excluding hydrogens is 697 g/mol. The molecule has 15 heteroatoms. The van der Waals surface area contributed by atoms with E-state index in [-0.39, 0.29) is 23.8 Å². The van der Waals surface area contributed by atoms with Crippen molar-refractivity contribution in [1.29, 1.82) is 0 Å². The zero-order chi connectivity index (χ0) is 38.8. The Balaban J connectivity index is 2.10. The van der Waals surface area contributed by atoms with Crippen molar-refractivity contribution in [2.45, 2.75) is 147 Å². The summed E-state index contributed by atoms with van der Waals surface area (Å²) in [6.07, 6.45) is -12.3. The van der Waals surface area contributed by atoms with E-state index < -0.39 is 101 Å². The third-order valence-electron chi connectivity index (χ3n) is 10.7. The maximum absolute atomic E-state index is 14.1. The molecule has 0 amide bonds. The van der Waals surface area contributed by atoms with Gasteiger partial charge < -0.3 is 49.6 Å². The van der Waals surface area contributed by atoms with Crippen LogP contribution in [0.3, 0.4) is 0 Å². The number of ether oxygens (including phenoxy) is 4. The van der Waals surface area contributed by atoms with E-state index >= 15 is 0 Å². The van der Waals surface area contributed by atoms with E-state index in [9.17, 15) is 38.4 Å². The van der Waals surface area contributed by atoms with E-state index in [4.69, 9.17) is 30.5 Å². The largest absolute Gasteiger partial charge is 0.483 e. The molecule has 1 aromatic rings. The first-order valence-corrected chi connectivity index (χ1v) is 18.1. The summed E-state index contributed by atoms with van der Waals surface area (Å²) in [5.41, 5.74) is -4.59. The first-order valence-electron chi connectivity index (χ1n) is 17.7. The Labute approximate surface area is 304 Å². The molecule has 5 N–H and O–H groups in total. The number of aliphatic hydroxyl groups excluding tert-OH is 2. The Bertz CT molecular complexity index is 1300. The summed E-state index contributed by atoms with van der Waals surface area (Å²) in [6.45, 7) is 13.5. The van der Waals surface area contributed by atoms with Crippen molar-refractivity contribution in [3.8, 4) is 5.75 Å². The molecule has 2 fully saturated rings. The van der Waals surface area contributed by atoms with E-state index in [0.29, 0.717) is 13.0 Å². The number of cyclic esters (lactones) is 1. The molecule has 2 heterocycles. The van der Waals surface area contributed by atoms with Gasteiger partial charge >= 0.3 is 12.1 Å². The molecule has 0 bridgehead atoms. The molecule has 0 saturated carbocycles. The highest BCUT2D eigenvalue weighted by Gasteiger charge is 2.50. The minimum atomic E-state index is -4.76. The predicted molar refractivity (Wildman–Crippen MR) is 185 cm³/mol. The van der Waals surface area contributed by atoms with E-state index in [1.807, 2.05) is 11.8 Å². The topological polar surface area (TPSA) is 150 Å². The van der Waals surface area contributed by atoms with Crippen LogP contribution >= 0.6 is 11.6 Å². The summed E-state index contributed by atoms with van der Waals surface area (Å²) >= 11 is 6.11.